The van der Waals surface area contributed by atoms with Gasteiger partial charge in [-0.1, -0.05) is 41.4 Å². The molecule has 0 aromatic heterocycles. The van der Waals surface area contributed by atoms with Gasteiger partial charge in [0.15, 0.2) is 0 Å². The molecule has 2 rings (SSSR count). The molecule has 0 aliphatic heterocycles. The first-order chi connectivity index (χ1) is 9.04. The summed E-state index contributed by atoms with van der Waals surface area (Å²) in [4.78, 5) is 0. The first-order valence-electron chi connectivity index (χ1n) is 5.77. The van der Waals surface area contributed by atoms with Gasteiger partial charge in [-0.3, -0.25) is 0 Å². The molecule has 0 bridgehead atoms. The predicted molar refractivity (Wildman–Crippen MR) is 76.8 cm³/mol. The second-order valence-corrected chi connectivity index (χ2v) is 5.07. The van der Waals surface area contributed by atoms with Crippen molar-refractivity contribution in [3.05, 3.63) is 63.9 Å². The van der Waals surface area contributed by atoms with E-state index in [9.17, 15) is 4.39 Å². The van der Waals surface area contributed by atoms with Crippen molar-refractivity contribution in [1.82, 2.24) is 0 Å². The Hall–Kier alpha value is -1.25. The minimum absolute atomic E-state index is 0.0473. The van der Waals surface area contributed by atoms with E-state index in [4.69, 9.17) is 27.9 Å². The highest BCUT2D eigenvalue weighted by atomic mass is 35.5. The lowest BCUT2D eigenvalue weighted by Gasteiger charge is -2.16. The van der Waals surface area contributed by atoms with Crippen LogP contribution in [0.2, 0.25) is 5.02 Å². The van der Waals surface area contributed by atoms with Crippen molar-refractivity contribution in [3.63, 3.8) is 0 Å². The zero-order valence-electron chi connectivity index (χ0n) is 10.6. The molecular formula is C15H13Cl2FO. The van der Waals surface area contributed by atoms with Gasteiger partial charge in [0.05, 0.1) is 17.5 Å². The number of rotatable bonds is 3. The number of hydrogen-bond donors (Lipinski definition) is 0. The molecule has 0 aliphatic rings. The number of aryl methyl sites for hydroxylation is 1. The smallest absolute Gasteiger partial charge is 0.142 e. The lowest BCUT2D eigenvalue weighted by Crippen LogP contribution is -2.00. The quantitative estimate of drug-likeness (QED) is 0.714. The van der Waals surface area contributed by atoms with Crippen molar-refractivity contribution in [2.24, 2.45) is 0 Å². The van der Waals surface area contributed by atoms with Crippen LogP contribution in [-0.2, 0) is 0 Å². The molecule has 2 aromatic rings. The summed E-state index contributed by atoms with van der Waals surface area (Å²) in [7, 11) is 1.57. The topological polar surface area (TPSA) is 9.23 Å². The molecule has 19 heavy (non-hydrogen) atoms. The largest absolute Gasteiger partial charge is 0.496 e. The minimum atomic E-state index is -0.557. The summed E-state index contributed by atoms with van der Waals surface area (Å²) in [5.74, 6) is 0.183. The maximum atomic E-state index is 13.5. The number of halogens is 3. The maximum absolute atomic E-state index is 13.5. The molecule has 0 aliphatic carbocycles. The van der Waals surface area contributed by atoms with Crippen LogP contribution in [0.15, 0.2) is 36.4 Å². The fourth-order valence-corrected chi connectivity index (χ4v) is 2.58. The van der Waals surface area contributed by atoms with Gasteiger partial charge in [-0.15, -0.1) is 11.6 Å². The van der Waals surface area contributed by atoms with Crippen molar-refractivity contribution in [2.75, 3.05) is 7.11 Å². The van der Waals surface area contributed by atoms with Gasteiger partial charge in [0.2, 0.25) is 0 Å². The molecule has 2 aromatic carbocycles. The number of alkyl halides is 1. The van der Waals surface area contributed by atoms with Crippen LogP contribution in [0.5, 0.6) is 5.75 Å². The molecule has 0 spiro atoms. The Bertz CT molecular complexity index is 599. The normalized spacial score (nSPS) is 12.3. The van der Waals surface area contributed by atoms with Crippen molar-refractivity contribution in [2.45, 2.75) is 12.3 Å². The summed E-state index contributed by atoms with van der Waals surface area (Å²) < 4.78 is 18.8. The first kappa shape index (κ1) is 14.2. The van der Waals surface area contributed by atoms with Gasteiger partial charge < -0.3 is 4.74 Å². The lowest BCUT2D eigenvalue weighted by atomic mass is 10.0. The number of ether oxygens (including phenoxy) is 1. The Morgan fingerprint density at radius 3 is 2.58 bits per heavy atom. The van der Waals surface area contributed by atoms with E-state index in [0.29, 0.717) is 11.3 Å². The summed E-state index contributed by atoms with van der Waals surface area (Å²) in [5.41, 5.74) is 2.36. The van der Waals surface area contributed by atoms with Crippen LogP contribution in [-0.4, -0.2) is 7.11 Å². The number of hydrogen-bond acceptors (Lipinski definition) is 1. The van der Waals surface area contributed by atoms with Crippen LogP contribution >= 0.6 is 23.2 Å². The SMILES string of the molecule is COc1ccc(C)cc1C(Cl)c1cccc(F)c1Cl. The van der Waals surface area contributed by atoms with E-state index in [-0.39, 0.29) is 5.02 Å². The van der Waals surface area contributed by atoms with Gasteiger partial charge in [0, 0.05) is 5.56 Å². The zero-order chi connectivity index (χ0) is 14.0. The van der Waals surface area contributed by atoms with E-state index in [1.54, 1.807) is 19.2 Å². The first-order valence-corrected chi connectivity index (χ1v) is 6.58. The van der Waals surface area contributed by atoms with Crippen LogP contribution in [0.1, 0.15) is 22.1 Å². The third kappa shape index (κ3) is 2.85. The Kier molecular flexibility index (Phi) is 4.33. The monoisotopic (exact) mass is 298 g/mol. The molecule has 0 saturated heterocycles. The maximum Gasteiger partial charge on any atom is 0.142 e. The molecule has 0 N–H and O–H groups in total. The molecule has 0 fully saturated rings. The van der Waals surface area contributed by atoms with Crippen LogP contribution in [0, 0.1) is 12.7 Å². The van der Waals surface area contributed by atoms with Gasteiger partial charge in [-0.25, -0.2) is 4.39 Å². The van der Waals surface area contributed by atoms with Gasteiger partial charge in [-0.2, -0.15) is 0 Å². The fraction of sp³-hybridized carbons (Fsp3) is 0.200. The fourth-order valence-electron chi connectivity index (χ4n) is 1.94. The van der Waals surface area contributed by atoms with E-state index in [1.807, 2.05) is 25.1 Å². The highest BCUT2D eigenvalue weighted by Gasteiger charge is 2.20. The Morgan fingerprint density at radius 1 is 1.16 bits per heavy atom. The predicted octanol–water partition coefficient (Wildman–Crippen LogP) is 5.12. The summed E-state index contributed by atoms with van der Waals surface area (Å²) in [6, 6.07) is 10.3. The zero-order valence-corrected chi connectivity index (χ0v) is 12.1. The molecule has 4 heteroatoms. The number of benzene rings is 2. The number of methoxy groups -OCH3 is 1. The molecule has 0 amide bonds. The van der Waals surface area contributed by atoms with Gasteiger partial charge in [-0.05, 0) is 24.6 Å². The second kappa shape index (κ2) is 5.81. The van der Waals surface area contributed by atoms with E-state index in [1.165, 1.54) is 6.07 Å². The van der Waals surface area contributed by atoms with Crippen LogP contribution < -0.4 is 4.74 Å². The highest BCUT2D eigenvalue weighted by Crippen LogP contribution is 2.39. The molecular weight excluding hydrogens is 286 g/mol. The molecule has 0 radical (unpaired) electrons. The molecule has 0 heterocycles. The summed E-state index contributed by atoms with van der Waals surface area (Å²) in [6.45, 7) is 1.96. The lowest BCUT2D eigenvalue weighted by molar-refractivity contribution is 0.410. The van der Waals surface area contributed by atoms with E-state index < -0.39 is 11.2 Å². The second-order valence-electron chi connectivity index (χ2n) is 4.25. The van der Waals surface area contributed by atoms with E-state index in [2.05, 4.69) is 0 Å². The Labute approximate surface area is 121 Å². The van der Waals surface area contributed by atoms with Crippen molar-refractivity contribution < 1.29 is 9.13 Å². The summed E-state index contributed by atoms with van der Waals surface area (Å²) in [6.07, 6.45) is 0. The molecule has 100 valence electrons. The van der Waals surface area contributed by atoms with Crippen molar-refractivity contribution in [3.8, 4) is 5.75 Å². The van der Waals surface area contributed by atoms with E-state index >= 15 is 0 Å². The highest BCUT2D eigenvalue weighted by molar-refractivity contribution is 6.33. The average molecular weight is 299 g/mol. The van der Waals surface area contributed by atoms with Crippen LogP contribution in [0.3, 0.4) is 0 Å². The molecule has 1 atom stereocenters. The van der Waals surface area contributed by atoms with Crippen LogP contribution in [0.25, 0.3) is 0 Å². The summed E-state index contributed by atoms with van der Waals surface area (Å²) >= 11 is 12.4. The third-order valence-electron chi connectivity index (χ3n) is 2.91. The van der Waals surface area contributed by atoms with Crippen molar-refractivity contribution >= 4 is 23.2 Å². The Morgan fingerprint density at radius 2 is 1.89 bits per heavy atom. The van der Waals surface area contributed by atoms with Crippen LogP contribution in [0.4, 0.5) is 4.39 Å². The van der Waals surface area contributed by atoms with Gasteiger partial charge in [0.1, 0.15) is 11.6 Å². The molecule has 0 saturated carbocycles. The van der Waals surface area contributed by atoms with Crippen molar-refractivity contribution in [1.29, 1.82) is 0 Å². The standard InChI is InChI=1S/C15H13Cl2FO/c1-9-6-7-13(19-2)11(8-9)14(16)10-4-3-5-12(18)15(10)17/h3-8,14H,1-2H3. The summed E-state index contributed by atoms with van der Waals surface area (Å²) in [5, 5.41) is -0.510. The van der Waals surface area contributed by atoms with Gasteiger partial charge in [0.25, 0.3) is 0 Å². The molecule has 1 unspecified atom stereocenters. The Balaban J connectivity index is 2.52. The minimum Gasteiger partial charge on any atom is -0.496 e. The van der Waals surface area contributed by atoms with E-state index in [0.717, 1.165) is 11.1 Å². The molecule has 1 nitrogen and oxygen atoms in total. The average Bonchev–Trinajstić information content (AvgIpc) is 2.41. The third-order valence-corrected chi connectivity index (χ3v) is 3.78. The van der Waals surface area contributed by atoms with Gasteiger partial charge >= 0.3 is 0 Å².